The van der Waals surface area contributed by atoms with Gasteiger partial charge in [-0.1, -0.05) is 17.7 Å². The van der Waals surface area contributed by atoms with Crippen molar-refractivity contribution in [1.82, 2.24) is 15.1 Å². The molecule has 2 aromatic rings. The van der Waals surface area contributed by atoms with E-state index in [4.69, 9.17) is 4.74 Å². The lowest BCUT2D eigenvalue weighted by Gasteiger charge is -2.10. The third-order valence-electron chi connectivity index (χ3n) is 3.19. The van der Waals surface area contributed by atoms with Crippen molar-refractivity contribution in [2.75, 3.05) is 44.4 Å². The number of amides is 1. The van der Waals surface area contributed by atoms with Crippen molar-refractivity contribution in [3.8, 4) is 5.75 Å². The van der Waals surface area contributed by atoms with E-state index in [0.29, 0.717) is 17.4 Å². The number of carbonyl (C=O) groups is 1. The monoisotopic (exact) mass is 329 g/mol. The number of nitrogens with one attached hydrogen (secondary N) is 2. The van der Waals surface area contributed by atoms with Gasteiger partial charge in [0, 0.05) is 13.1 Å². The van der Waals surface area contributed by atoms with Gasteiger partial charge in [0.2, 0.25) is 0 Å². The molecule has 0 aliphatic carbocycles. The number of rotatable bonds is 8. The van der Waals surface area contributed by atoms with Gasteiger partial charge in [-0.05, 0) is 45.3 Å². The van der Waals surface area contributed by atoms with Crippen LogP contribution in [-0.2, 0) is 4.79 Å². The molecule has 0 aliphatic rings. The lowest BCUT2D eigenvalue weighted by atomic mass is 10.2. The molecule has 0 fully saturated rings. The first kappa shape index (κ1) is 17.7. The molecule has 0 saturated carbocycles. The van der Waals surface area contributed by atoms with Crippen molar-refractivity contribution in [2.24, 2.45) is 0 Å². The zero-order valence-corrected chi connectivity index (χ0v) is 14.2. The standard InChI is InChI=1S/C17H23N5O2/c1-13-4-6-14(7-5-13)24-12-17(23)19-16-9-8-15(20-21-16)18-10-11-22(2)3/h4-9H,10-12H2,1-3H3,(H,18,20)(H,19,21,23). The van der Waals surface area contributed by atoms with E-state index in [9.17, 15) is 4.79 Å². The van der Waals surface area contributed by atoms with E-state index in [0.717, 1.165) is 18.7 Å². The second kappa shape index (κ2) is 8.83. The van der Waals surface area contributed by atoms with Crippen molar-refractivity contribution in [3.63, 3.8) is 0 Å². The topological polar surface area (TPSA) is 79.4 Å². The van der Waals surface area contributed by atoms with Crippen LogP contribution in [0.4, 0.5) is 11.6 Å². The number of hydrogen-bond acceptors (Lipinski definition) is 6. The molecule has 1 heterocycles. The van der Waals surface area contributed by atoms with Crippen LogP contribution in [0.5, 0.6) is 5.75 Å². The summed E-state index contributed by atoms with van der Waals surface area (Å²) in [7, 11) is 4.01. The zero-order chi connectivity index (χ0) is 17.4. The van der Waals surface area contributed by atoms with Crippen LogP contribution in [-0.4, -0.2) is 54.8 Å². The fraction of sp³-hybridized carbons (Fsp3) is 0.353. The average Bonchev–Trinajstić information content (AvgIpc) is 2.56. The number of nitrogens with zero attached hydrogens (tertiary/aromatic N) is 3. The summed E-state index contributed by atoms with van der Waals surface area (Å²) in [6.45, 7) is 3.59. The molecule has 0 atom stereocenters. The maximum Gasteiger partial charge on any atom is 0.263 e. The van der Waals surface area contributed by atoms with Crippen molar-refractivity contribution in [1.29, 1.82) is 0 Å². The Labute approximate surface area is 142 Å². The van der Waals surface area contributed by atoms with Crippen LogP contribution in [0.15, 0.2) is 36.4 Å². The van der Waals surface area contributed by atoms with Crippen LogP contribution < -0.4 is 15.4 Å². The van der Waals surface area contributed by atoms with Crippen molar-refractivity contribution in [2.45, 2.75) is 6.92 Å². The summed E-state index contributed by atoms with van der Waals surface area (Å²) >= 11 is 0. The highest BCUT2D eigenvalue weighted by Crippen LogP contribution is 2.11. The Balaban J connectivity index is 1.76. The minimum absolute atomic E-state index is 0.0758. The van der Waals surface area contributed by atoms with E-state index >= 15 is 0 Å². The summed E-state index contributed by atoms with van der Waals surface area (Å²) in [5, 5.41) is 13.8. The number of hydrogen-bond donors (Lipinski definition) is 2. The first-order valence-corrected chi connectivity index (χ1v) is 7.74. The van der Waals surface area contributed by atoms with Crippen LogP contribution in [0.1, 0.15) is 5.56 Å². The quantitative estimate of drug-likeness (QED) is 0.768. The molecule has 0 unspecified atom stereocenters. The lowest BCUT2D eigenvalue weighted by Crippen LogP contribution is -2.22. The van der Waals surface area contributed by atoms with Crippen LogP contribution in [0.3, 0.4) is 0 Å². The van der Waals surface area contributed by atoms with Gasteiger partial charge in [-0.2, -0.15) is 0 Å². The largest absolute Gasteiger partial charge is 0.484 e. The molecule has 2 N–H and O–H groups in total. The molecule has 1 aromatic carbocycles. The first-order valence-electron chi connectivity index (χ1n) is 7.74. The molecular weight excluding hydrogens is 306 g/mol. The molecule has 0 bridgehead atoms. The predicted molar refractivity (Wildman–Crippen MR) is 94.4 cm³/mol. The van der Waals surface area contributed by atoms with E-state index in [1.54, 1.807) is 12.1 Å². The number of likely N-dealkylation sites (N-methyl/N-ethyl adjacent to an activating group) is 1. The molecule has 1 amide bonds. The van der Waals surface area contributed by atoms with Crippen molar-refractivity contribution < 1.29 is 9.53 Å². The van der Waals surface area contributed by atoms with Gasteiger partial charge in [-0.3, -0.25) is 4.79 Å². The third kappa shape index (κ3) is 6.21. The van der Waals surface area contributed by atoms with E-state index in [-0.39, 0.29) is 12.5 Å². The highest BCUT2D eigenvalue weighted by molar-refractivity contribution is 5.90. The predicted octanol–water partition coefficient (Wildman–Crippen LogP) is 1.78. The van der Waals surface area contributed by atoms with Gasteiger partial charge in [0.1, 0.15) is 11.6 Å². The van der Waals surface area contributed by atoms with Crippen molar-refractivity contribution in [3.05, 3.63) is 42.0 Å². The van der Waals surface area contributed by atoms with Gasteiger partial charge in [0.15, 0.2) is 12.4 Å². The molecule has 128 valence electrons. The van der Waals surface area contributed by atoms with Gasteiger partial charge in [-0.25, -0.2) is 0 Å². The molecule has 0 radical (unpaired) electrons. The van der Waals surface area contributed by atoms with Gasteiger partial charge >= 0.3 is 0 Å². The number of anilines is 2. The highest BCUT2D eigenvalue weighted by Gasteiger charge is 2.05. The molecule has 0 saturated heterocycles. The second-order valence-corrected chi connectivity index (χ2v) is 5.68. The van der Waals surface area contributed by atoms with E-state index < -0.39 is 0 Å². The maximum absolute atomic E-state index is 11.9. The normalized spacial score (nSPS) is 10.5. The number of benzene rings is 1. The summed E-state index contributed by atoms with van der Waals surface area (Å²) in [6, 6.07) is 11.0. The van der Waals surface area contributed by atoms with Gasteiger partial charge < -0.3 is 20.3 Å². The molecular formula is C17H23N5O2. The fourth-order valence-electron chi connectivity index (χ4n) is 1.86. The lowest BCUT2D eigenvalue weighted by molar-refractivity contribution is -0.118. The average molecular weight is 329 g/mol. The molecule has 0 spiro atoms. The third-order valence-corrected chi connectivity index (χ3v) is 3.19. The second-order valence-electron chi connectivity index (χ2n) is 5.68. The first-order chi connectivity index (χ1) is 11.5. The number of ether oxygens (including phenoxy) is 1. The van der Waals surface area contributed by atoms with Crippen LogP contribution in [0, 0.1) is 6.92 Å². The number of aryl methyl sites for hydroxylation is 1. The van der Waals surface area contributed by atoms with Crippen LogP contribution >= 0.6 is 0 Å². The molecule has 7 nitrogen and oxygen atoms in total. The highest BCUT2D eigenvalue weighted by atomic mass is 16.5. The molecule has 2 rings (SSSR count). The molecule has 7 heteroatoms. The van der Waals surface area contributed by atoms with Gasteiger partial charge in [0.25, 0.3) is 5.91 Å². The SMILES string of the molecule is Cc1ccc(OCC(=O)Nc2ccc(NCCN(C)C)nn2)cc1. The Kier molecular flexibility index (Phi) is 6.51. The number of carbonyl (C=O) groups excluding carboxylic acids is 1. The Morgan fingerprint density at radius 1 is 1.08 bits per heavy atom. The Hall–Kier alpha value is -2.67. The van der Waals surface area contributed by atoms with Gasteiger partial charge in [-0.15, -0.1) is 10.2 Å². The van der Waals surface area contributed by atoms with Crippen LogP contribution in [0.25, 0.3) is 0 Å². The van der Waals surface area contributed by atoms with E-state index in [2.05, 4.69) is 25.7 Å². The molecule has 0 aliphatic heterocycles. The van der Waals surface area contributed by atoms with E-state index in [1.807, 2.05) is 45.3 Å². The summed E-state index contributed by atoms with van der Waals surface area (Å²) in [5.41, 5.74) is 1.14. The minimum Gasteiger partial charge on any atom is -0.484 e. The number of aromatic nitrogens is 2. The van der Waals surface area contributed by atoms with Gasteiger partial charge in [0.05, 0.1) is 0 Å². The van der Waals surface area contributed by atoms with E-state index in [1.165, 1.54) is 0 Å². The fourth-order valence-corrected chi connectivity index (χ4v) is 1.86. The summed E-state index contributed by atoms with van der Waals surface area (Å²) in [4.78, 5) is 13.9. The summed E-state index contributed by atoms with van der Waals surface area (Å²) < 4.78 is 5.42. The van der Waals surface area contributed by atoms with Crippen molar-refractivity contribution >= 4 is 17.5 Å². The zero-order valence-electron chi connectivity index (χ0n) is 14.2. The molecule has 1 aromatic heterocycles. The Morgan fingerprint density at radius 3 is 2.38 bits per heavy atom. The maximum atomic E-state index is 11.9. The van der Waals surface area contributed by atoms with Crippen LogP contribution in [0.2, 0.25) is 0 Å². The summed E-state index contributed by atoms with van der Waals surface area (Å²) in [5.74, 6) is 1.44. The summed E-state index contributed by atoms with van der Waals surface area (Å²) in [6.07, 6.45) is 0. The smallest absolute Gasteiger partial charge is 0.263 e. The Morgan fingerprint density at radius 2 is 1.75 bits per heavy atom. The minimum atomic E-state index is -0.279. The Bertz CT molecular complexity index is 641. The molecule has 24 heavy (non-hydrogen) atoms.